The number of ether oxygens (including phenoxy) is 1. The van der Waals surface area contributed by atoms with E-state index in [-0.39, 0.29) is 0 Å². The van der Waals surface area contributed by atoms with Crippen molar-refractivity contribution in [2.45, 2.75) is 13.3 Å². The molecule has 0 unspecified atom stereocenters. The Labute approximate surface area is 123 Å². The second-order valence-electron chi connectivity index (χ2n) is 4.06. The van der Waals surface area contributed by atoms with Gasteiger partial charge in [-0.3, -0.25) is 0 Å². The predicted molar refractivity (Wildman–Crippen MR) is 82.0 cm³/mol. The number of aryl methyl sites for hydroxylation is 1. The van der Waals surface area contributed by atoms with Crippen molar-refractivity contribution in [3.8, 4) is 5.75 Å². The minimum Gasteiger partial charge on any atom is -0.493 e. The first-order valence-electron chi connectivity index (χ1n) is 6.59. The quantitative estimate of drug-likeness (QED) is 0.697. The Balaban J connectivity index is 1.57. The fourth-order valence-corrected chi connectivity index (χ4v) is 2.30. The maximum absolute atomic E-state index is 5.61. The Morgan fingerprint density at radius 2 is 2.05 bits per heavy atom. The van der Waals surface area contributed by atoms with E-state index in [9.17, 15) is 0 Å². The van der Waals surface area contributed by atoms with E-state index in [2.05, 4.69) is 10.2 Å². The molecule has 0 radical (unpaired) electrons. The van der Waals surface area contributed by atoms with E-state index in [1.165, 1.54) is 0 Å². The molecule has 0 spiro atoms. The molecular weight excluding hydrogens is 272 g/mol. The molecule has 5 heteroatoms. The highest BCUT2D eigenvalue weighted by Gasteiger charge is 2.02. The van der Waals surface area contributed by atoms with Crippen LogP contribution in [0.2, 0.25) is 0 Å². The monoisotopic (exact) mass is 290 g/mol. The molecule has 0 saturated carbocycles. The van der Waals surface area contributed by atoms with Gasteiger partial charge < -0.3 is 9.15 Å². The van der Waals surface area contributed by atoms with Gasteiger partial charge in [0.05, 0.1) is 6.61 Å². The summed E-state index contributed by atoms with van der Waals surface area (Å²) < 4.78 is 11.1. The number of aromatic nitrogens is 2. The van der Waals surface area contributed by atoms with Gasteiger partial charge in [0.25, 0.3) is 0 Å². The largest absolute Gasteiger partial charge is 0.493 e. The van der Waals surface area contributed by atoms with Crippen LogP contribution in [0.4, 0.5) is 0 Å². The number of para-hydroxylation sites is 1. The van der Waals surface area contributed by atoms with Crippen molar-refractivity contribution in [1.82, 2.24) is 10.2 Å². The molecule has 0 N–H and O–H groups in total. The van der Waals surface area contributed by atoms with Crippen molar-refractivity contribution < 1.29 is 9.15 Å². The van der Waals surface area contributed by atoms with Gasteiger partial charge in [0.2, 0.25) is 11.8 Å². The molecule has 0 bridgehead atoms. The highest BCUT2D eigenvalue weighted by Crippen LogP contribution is 2.10. The molecule has 106 valence electrons. The third-order valence-corrected chi connectivity index (χ3v) is 3.44. The Morgan fingerprint density at radius 1 is 1.20 bits per heavy atom. The molecule has 0 aliphatic rings. The molecule has 0 saturated heterocycles. The lowest BCUT2D eigenvalue weighted by molar-refractivity contribution is 0.344. The second kappa shape index (κ2) is 8.43. The van der Waals surface area contributed by atoms with Crippen molar-refractivity contribution >= 4 is 17.8 Å². The van der Waals surface area contributed by atoms with Gasteiger partial charge in [-0.2, -0.15) is 11.8 Å². The average molecular weight is 290 g/mol. The number of benzene rings is 1. The lowest BCUT2D eigenvalue weighted by Crippen LogP contribution is -2.01. The standard InChI is InChI=1S/C15H18N2O2S/c1-2-6-14-16-17-15(19-14)9-11-20-12-10-18-13-7-4-3-5-8-13/h2-8H,9-12H2,1H3/b6-2+. The van der Waals surface area contributed by atoms with Crippen LogP contribution >= 0.6 is 11.8 Å². The number of rotatable bonds is 8. The Bertz CT molecular complexity index is 526. The van der Waals surface area contributed by atoms with Crippen LogP contribution in [-0.2, 0) is 6.42 Å². The highest BCUT2D eigenvalue weighted by atomic mass is 32.2. The van der Waals surface area contributed by atoms with E-state index in [4.69, 9.17) is 9.15 Å². The van der Waals surface area contributed by atoms with Gasteiger partial charge in [-0.15, -0.1) is 10.2 Å². The summed E-state index contributed by atoms with van der Waals surface area (Å²) in [4.78, 5) is 0. The molecule has 1 heterocycles. The van der Waals surface area contributed by atoms with Gasteiger partial charge >= 0.3 is 0 Å². The lowest BCUT2D eigenvalue weighted by Gasteiger charge is -2.04. The number of allylic oxidation sites excluding steroid dienone is 1. The summed E-state index contributed by atoms with van der Waals surface area (Å²) in [5.74, 6) is 4.08. The SMILES string of the molecule is C/C=C/c1nnc(CCSCCOc2ccccc2)o1. The second-order valence-corrected chi connectivity index (χ2v) is 5.28. The Morgan fingerprint density at radius 3 is 2.85 bits per heavy atom. The van der Waals surface area contributed by atoms with Gasteiger partial charge in [0, 0.05) is 17.9 Å². The van der Waals surface area contributed by atoms with Crippen LogP contribution in [0.5, 0.6) is 5.75 Å². The Kier molecular flexibility index (Phi) is 6.17. The average Bonchev–Trinajstić information content (AvgIpc) is 2.92. The molecule has 0 aliphatic heterocycles. The van der Waals surface area contributed by atoms with Crippen LogP contribution in [0.25, 0.3) is 6.08 Å². The van der Waals surface area contributed by atoms with Gasteiger partial charge in [-0.05, 0) is 25.1 Å². The summed E-state index contributed by atoms with van der Waals surface area (Å²) in [7, 11) is 0. The van der Waals surface area contributed by atoms with E-state index >= 15 is 0 Å². The number of hydrogen-bond donors (Lipinski definition) is 0. The van der Waals surface area contributed by atoms with Crippen LogP contribution in [0, 0.1) is 0 Å². The molecule has 2 aromatic rings. The fraction of sp³-hybridized carbons (Fsp3) is 0.333. The zero-order valence-corrected chi connectivity index (χ0v) is 12.3. The van der Waals surface area contributed by atoms with Crippen LogP contribution in [0.1, 0.15) is 18.7 Å². The van der Waals surface area contributed by atoms with Crippen LogP contribution in [-0.4, -0.2) is 28.3 Å². The number of hydrogen-bond acceptors (Lipinski definition) is 5. The Hall–Kier alpha value is -1.75. The van der Waals surface area contributed by atoms with E-state index < -0.39 is 0 Å². The highest BCUT2D eigenvalue weighted by molar-refractivity contribution is 7.99. The summed E-state index contributed by atoms with van der Waals surface area (Å²) in [5, 5.41) is 7.91. The molecule has 2 rings (SSSR count). The fourth-order valence-electron chi connectivity index (χ4n) is 1.57. The molecule has 1 aromatic heterocycles. The topological polar surface area (TPSA) is 48.2 Å². The van der Waals surface area contributed by atoms with E-state index in [0.717, 1.165) is 23.7 Å². The summed E-state index contributed by atoms with van der Waals surface area (Å²) in [6.07, 6.45) is 4.48. The zero-order valence-electron chi connectivity index (χ0n) is 11.5. The summed E-state index contributed by atoms with van der Waals surface area (Å²) in [6, 6.07) is 9.85. The first kappa shape index (κ1) is 14.7. The predicted octanol–water partition coefficient (Wildman–Crippen LogP) is 3.46. The van der Waals surface area contributed by atoms with Crippen molar-refractivity contribution in [3.05, 3.63) is 48.2 Å². The van der Waals surface area contributed by atoms with Gasteiger partial charge in [0.1, 0.15) is 5.75 Å². The molecule has 0 amide bonds. The van der Waals surface area contributed by atoms with Crippen molar-refractivity contribution in [1.29, 1.82) is 0 Å². The zero-order chi connectivity index (χ0) is 14.0. The number of nitrogens with zero attached hydrogens (tertiary/aromatic N) is 2. The molecule has 1 aromatic carbocycles. The van der Waals surface area contributed by atoms with Crippen molar-refractivity contribution in [2.24, 2.45) is 0 Å². The van der Waals surface area contributed by atoms with E-state index in [1.807, 2.05) is 55.1 Å². The van der Waals surface area contributed by atoms with Gasteiger partial charge in [0.15, 0.2) is 0 Å². The lowest BCUT2D eigenvalue weighted by atomic mass is 10.3. The molecule has 0 fully saturated rings. The minimum absolute atomic E-state index is 0.569. The van der Waals surface area contributed by atoms with Crippen molar-refractivity contribution in [2.75, 3.05) is 18.1 Å². The molecular formula is C15H18N2O2S. The summed E-state index contributed by atoms with van der Waals surface area (Å²) in [5.41, 5.74) is 0. The summed E-state index contributed by atoms with van der Waals surface area (Å²) >= 11 is 1.82. The third-order valence-electron chi connectivity index (χ3n) is 2.49. The smallest absolute Gasteiger partial charge is 0.240 e. The first-order chi connectivity index (χ1) is 9.88. The normalized spacial score (nSPS) is 11.1. The van der Waals surface area contributed by atoms with Crippen LogP contribution < -0.4 is 4.74 Å². The molecule has 0 aliphatic carbocycles. The van der Waals surface area contributed by atoms with E-state index in [0.29, 0.717) is 18.4 Å². The maximum Gasteiger partial charge on any atom is 0.240 e. The minimum atomic E-state index is 0.569. The van der Waals surface area contributed by atoms with Gasteiger partial charge in [-0.25, -0.2) is 0 Å². The summed E-state index contributed by atoms with van der Waals surface area (Å²) in [6.45, 7) is 2.63. The van der Waals surface area contributed by atoms with Crippen LogP contribution in [0.3, 0.4) is 0 Å². The molecule has 20 heavy (non-hydrogen) atoms. The van der Waals surface area contributed by atoms with Crippen LogP contribution in [0.15, 0.2) is 40.8 Å². The molecule has 0 atom stereocenters. The van der Waals surface area contributed by atoms with Crippen molar-refractivity contribution in [3.63, 3.8) is 0 Å². The van der Waals surface area contributed by atoms with Gasteiger partial charge in [-0.1, -0.05) is 24.3 Å². The maximum atomic E-state index is 5.61. The first-order valence-corrected chi connectivity index (χ1v) is 7.74. The number of thioether (sulfide) groups is 1. The van der Waals surface area contributed by atoms with E-state index in [1.54, 1.807) is 6.08 Å². The third kappa shape index (κ3) is 5.09. The molecule has 4 nitrogen and oxygen atoms in total.